The predicted octanol–water partition coefficient (Wildman–Crippen LogP) is 2.82. The van der Waals surface area contributed by atoms with Gasteiger partial charge in [0.05, 0.1) is 0 Å². The Morgan fingerprint density at radius 3 is 2.58 bits per heavy atom. The highest BCUT2D eigenvalue weighted by Gasteiger charge is 2.10. The van der Waals surface area contributed by atoms with Crippen LogP contribution in [0.1, 0.15) is 50.5 Å². The van der Waals surface area contributed by atoms with Crippen molar-refractivity contribution in [3.63, 3.8) is 0 Å². The van der Waals surface area contributed by atoms with Gasteiger partial charge in [0.15, 0.2) is 0 Å². The van der Waals surface area contributed by atoms with E-state index < -0.39 is 0 Å². The van der Waals surface area contributed by atoms with E-state index in [1.54, 1.807) is 0 Å². The molecule has 1 aromatic rings. The highest BCUT2D eigenvalue weighted by atomic mass is 16.1. The van der Waals surface area contributed by atoms with Gasteiger partial charge in [0.25, 0.3) is 0 Å². The fourth-order valence-corrected chi connectivity index (χ4v) is 2.10. The summed E-state index contributed by atoms with van der Waals surface area (Å²) in [5.74, 6) is 0.353. The lowest BCUT2D eigenvalue weighted by Gasteiger charge is -2.16. The molecule has 0 aromatic heterocycles. The van der Waals surface area contributed by atoms with Crippen LogP contribution < -0.4 is 11.1 Å². The molecule has 1 rings (SSSR count). The molecule has 0 aliphatic rings. The van der Waals surface area contributed by atoms with Crippen LogP contribution in [-0.2, 0) is 4.79 Å². The molecule has 1 aromatic carbocycles. The summed E-state index contributed by atoms with van der Waals surface area (Å²) < 4.78 is 0. The smallest absolute Gasteiger partial charge is 0.220 e. The summed E-state index contributed by atoms with van der Waals surface area (Å²) in [5, 5.41) is 2.99. The monoisotopic (exact) mass is 262 g/mol. The van der Waals surface area contributed by atoms with E-state index >= 15 is 0 Å². The van der Waals surface area contributed by atoms with Gasteiger partial charge in [0.2, 0.25) is 5.91 Å². The Bertz CT molecular complexity index is 351. The van der Waals surface area contributed by atoms with Crippen molar-refractivity contribution in [2.24, 2.45) is 5.73 Å². The lowest BCUT2D eigenvalue weighted by molar-refractivity contribution is -0.121. The Hall–Kier alpha value is -1.35. The van der Waals surface area contributed by atoms with Gasteiger partial charge in [-0.1, -0.05) is 56.5 Å². The van der Waals surface area contributed by atoms with Gasteiger partial charge in [-0.05, 0) is 12.0 Å². The number of carbonyl (C=O) groups excluding carboxylic acids is 1. The minimum atomic E-state index is 0.144. The quantitative estimate of drug-likeness (QED) is 0.672. The number of nitrogens with two attached hydrogens (primary N) is 1. The average molecular weight is 262 g/mol. The van der Waals surface area contributed by atoms with E-state index in [1.807, 2.05) is 18.2 Å². The second kappa shape index (κ2) is 9.56. The van der Waals surface area contributed by atoms with Crippen LogP contribution in [0.3, 0.4) is 0 Å². The Balaban J connectivity index is 2.28. The lowest BCUT2D eigenvalue weighted by atomic mass is 9.99. The highest BCUT2D eigenvalue weighted by molar-refractivity contribution is 5.75. The Labute approximate surface area is 116 Å². The van der Waals surface area contributed by atoms with Crippen LogP contribution in [0.5, 0.6) is 0 Å². The maximum Gasteiger partial charge on any atom is 0.220 e. The second-order valence-corrected chi connectivity index (χ2v) is 4.96. The number of nitrogens with one attached hydrogen (secondary N) is 1. The highest BCUT2D eigenvalue weighted by Crippen LogP contribution is 2.13. The lowest BCUT2D eigenvalue weighted by Crippen LogP contribution is -2.31. The summed E-state index contributed by atoms with van der Waals surface area (Å²) in [6.45, 7) is 3.36. The molecule has 1 atom stereocenters. The Morgan fingerprint density at radius 1 is 1.21 bits per heavy atom. The van der Waals surface area contributed by atoms with Crippen molar-refractivity contribution in [1.29, 1.82) is 0 Å². The molecule has 3 N–H and O–H groups in total. The maximum atomic E-state index is 11.7. The summed E-state index contributed by atoms with van der Waals surface area (Å²) in [4.78, 5) is 11.7. The van der Waals surface area contributed by atoms with Gasteiger partial charge in [0.1, 0.15) is 0 Å². The van der Waals surface area contributed by atoms with Crippen LogP contribution in [0.25, 0.3) is 0 Å². The molecule has 0 aliphatic heterocycles. The van der Waals surface area contributed by atoms with Crippen molar-refractivity contribution in [1.82, 2.24) is 5.32 Å². The standard InChI is InChI=1S/C16H26N2O/c1-2-3-4-8-11-16(19)18-13-15(12-17)14-9-6-5-7-10-14/h5-7,9-10,15H,2-4,8,11-13,17H2,1H3,(H,18,19). The maximum absolute atomic E-state index is 11.7. The fourth-order valence-electron chi connectivity index (χ4n) is 2.10. The molecule has 0 aliphatic carbocycles. The van der Waals surface area contributed by atoms with Gasteiger partial charge < -0.3 is 11.1 Å². The molecule has 0 radical (unpaired) electrons. The molecule has 0 spiro atoms. The first-order valence-electron chi connectivity index (χ1n) is 7.29. The van der Waals surface area contributed by atoms with Crippen LogP contribution in [0.15, 0.2) is 30.3 Å². The zero-order valence-corrected chi connectivity index (χ0v) is 11.9. The minimum Gasteiger partial charge on any atom is -0.355 e. The van der Waals surface area contributed by atoms with E-state index in [9.17, 15) is 4.79 Å². The number of hydrogen-bond acceptors (Lipinski definition) is 2. The first-order chi connectivity index (χ1) is 9.27. The molecule has 0 bridgehead atoms. The number of carbonyl (C=O) groups is 1. The third-order valence-corrected chi connectivity index (χ3v) is 3.36. The van der Waals surface area contributed by atoms with E-state index in [4.69, 9.17) is 5.73 Å². The van der Waals surface area contributed by atoms with E-state index in [0.717, 1.165) is 12.8 Å². The molecular weight excluding hydrogens is 236 g/mol. The summed E-state index contributed by atoms with van der Waals surface area (Å²) in [5.41, 5.74) is 6.97. The molecule has 19 heavy (non-hydrogen) atoms. The molecule has 0 fully saturated rings. The molecule has 0 saturated heterocycles. The van der Waals surface area contributed by atoms with E-state index in [2.05, 4.69) is 24.4 Å². The first-order valence-corrected chi connectivity index (χ1v) is 7.29. The van der Waals surface area contributed by atoms with Crippen molar-refractivity contribution >= 4 is 5.91 Å². The Morgan fingerprint density at radius 2 is 1.95 bits per heavy atom. The van der Waals surface area contributed by atoms with Gasteiger partial charge >= 0.3 is 0 Å². The fraction of sp³-hybridized carbons (Fsp3) is 0.562. The molecule has 1 amide bonds. The van der Waals surface area contributed by atoms with Crippen molar-refractivity contribution in [3.05, 3.63) is 35.9 Å². The van der Waals surface area contributed by atoms with Crippen molar-refractivity contribution in [3.8, 4) is 0 Å². The third kappa shape index (κ3) is 6.39. The minimum absolute atomic E-state index is 0.144. The van der Waals surface area contributed by atoms with Crippen LogP contribution in [0.4, 0.5) is 0 Å². The van der Waals surface area contributed by atoms with E-state index in [-0.39, 0.29) is 11.8 Å². The van der Waals surface area contributed by atoms with Crippen molar-refractivity contribution in [2.45, 2.75) is 44.9 Å². The molecular formula is C16H26N2O. The van der Waals surface area contributed by atoms with Crippen LogP contribution in [-0.4, -0.2) is 19.0 Å². The summed E-state index contributed by atoms with van der Waals surface area (Å²) in [6, 6.07) is 10.1. The van der Waals surface area contributed by atoms with Crippen LogP contribution in [0, 0.1) is 0 Å². The molecule has 3 heteroatoms. The van der Waals surface area contributed by atoms with Gasteiger partial charge in [-0.2, -0.15) is 0 Å². The Kier molecular flexibility index (Phi) is 7.91. The number of hydrogen-bond donors (Lipinski definition) is 2. The van der Waals surface area contributed by atoms with Gasteiger partial charge in [-0.3, -0.25) is 4.79 Å². The van der Waals surface area contributed by atoms with E-state index in [0.29, 0.717) is 19.5 Å². The topological polar surface area (TPSA) is 55.1 Å². The van der Waals surface area contributed by atoms with E-state index in [1.165, 1.54) is 18.4 Å². The second-order valence-electron chi connectivity index (χ2n) is 4.96. The molecule has 1 unspecified atom stereocenters. The van der Waals surface area contributed by atoms with Gasteiger partial charge in [-0.25, -0.2) is 0 Å². The van der Waals surface area contributed by atoms with Crippen molar-refractivity contribution < 1.29 is 4.79 Å². The molecule has 3 nitrogen and oxygen atoms in total. The predicted molar refractivity (Wildman–Crippen MR) is 80.0 cm³/mol. The van der Waals surface area contributed by atoms with Gasteiger partial charge in [0, 0.05) is 25.4 Å². The summed E-state index contributed by atoms with van der Waals surface area (Å²) in [6.07, 6.45) is 5.17. The molecule has 106 valence electrons. The third-order valence-electron chi connectivity index (χ3n) is 3.36. The number of amides is 1. The zero-order valence-electron chi connectivity index (χ0n) is 11.9. The van der Waals surface area contributed by atoms with Crippen LogP contribution >= 0.6 is 0 Å². The zero-order chi connectivity index (χ0) is 13.9. The average Bonchev–Trinajstić information content (AvgIpc) is 2.45. The van der Waals surface area contributed by atoms with Gasteiger partial charge in [-0.15, -0.1) is 0 Å². The largest absolute Gasteiger partial charge is 0.355 e. The molecule has 0 heterocycles. The number of unbranched alkanes of at least 4 members (excludes halogenated alkanes) is 3. The number of rotatable bonds is 9. The SMILES string of the molecule is CCCCCCC(=O)NCC(CN)c1ccccc1. The number of benzene rings is 1. The summed E-state index contributed by atoms with van der Waals surface area (Å²) in [7, 11) is 0. The van der Waals surface area contributed by atoms with Crippen molar-refractivity contribution in [2.75, 3.05) is 13.1 Å². The normalized spacial score (nSPS) is 12.1. The molecule has 0 saturated carbocycles. The first kappa shape index (κ1) is 15.7. The summed E-state index contributed by atoms with van der Waals surface area (Å²) >= 11 is 0. The van der Waals surface area contributed by atoms with Crippen LogP contribution in [0.2, 0.25) is 0 Å².